The van der Waals surface area contributed by atoms with Crippen LogP contribution >= 0.6 is 11.6 Å². The number of hydrogen-bond donors (Lipinski definition) is 0. The summed E-state index contributed by atoms with van der Waals surface area (Å²) >= 11 is 6.33. The number of carbonyl (C=O) groups excluding carboxylic acids is 2. The summed E-state index contributed by atoms with van der Waals surface area (Å²) in [5.74, 6) is 0.251. The molecule has 5 unspecified atom stereocenters. The number of fused-ring (bicyclic) bond motifs is 1. The summed E-state index contributed by atoms with van der Waals surface area (Å²) in [6, 6.07) is 7.14. The Bertz CT molecular complexity index is 1390. The van der Waals surface area contributed by atoms with Gasteiger partial charge in [-0.15, -0.1) is 0 Å². The molecule has 8 atom stereocenters. The molecule has 1 aromatic rings. The number of benzene rings is 1. The van der Waals surface area contributed by atoms with Crippen LogP contribution in [-0.2, 0) is 27.9 Å². The first-order chi connectivity index (χ1) is 22.6. The second kappa shape index (κ2) is 15.4. The average molecular weight is 734 g/mol. The molecule has 0 spiro atoms. The molecule has 2 aliphatic carbocycles. The summed E-state index contributed by atoms with van der Waals surface area (Å²) in [6.07, 6.45) is 8.12. The maximum absolute atomic E-state index is 13.7. The van der Waals surface area contributed by atoms with E-state index in [0.717, 1.165) is 18.4 Å². The maximum atomic E-state index is 13.7. The molecular weight excluding hydrogens is 672 g/mol. The van der Waals surface area contributed by atoms with E-state index in [1.807, 2.05) is 12.1 Å². The van der Waals surface area contributed by atoms with Gasteiger partial charge in [-0.2, -0.15) is 0 Å². The van der Waals surface area contributed by atoms with Gasteiger partial charge < -0.3 is 23.1 Å². The van der Waals surface area contributed by atoms with E-state index in [2.05, 4.69) is 92.9 Å². The predicted molar refractivity (Wildman–Crippen MR) is 202 cm³/mol. The van der Waals surface area contributed by atoms with E-state index in [9.17, 15) is 9.59 Å². The molecule has 1 heterocycles. The van der Waals surface area contributed by atoms with Gasteiger partial charge in [0, 0.05) is 18.8 Å². The molecule has 0 bridgehead atoms. The largest absolute Gasteiger partial charge is 0.477 e. The lowest BCUT2D eigenvalue weighted by molar-refractivity contribution is -0.163. The topological polar surface area (TPSA) is 80.3 Å². The monoisotopic (exact) mass is 732 g/mol. The second-order valence-electron chi connectivity index (χ2n) is 17.5. The third-order valence-electron chi connectivity index (χ3n) is 11.7. The number of rotatable bonds is 11. The molecule has 0 N–H and O–H groups in total. The second-order valence-corrected chi connectivity index (χ2v) is 27.4. The molecule has 1 saturated heterocycles. The van der Waals surface area contributed by atoms with E-state index in [-0.39, 0.29) is 52.1 Å². The van der Waals surface area contributed by atoms with Crippen molar-refractivity contribution in [3.8, 4) is 5.75 Å². The predicted octanol–water partition coefficient (Wildman–Crippen LogP) is 10.1. The SMILES string of the molecule is CC1C=CC2=CC(O[Si](C)(C)C(C)(C)C)CC(OC(=O)[C@H](C)Oc3ccccc3Cl)C2C1CC[C@@H]1C[C@@H](O[Si](C)(C)C(C)(C)C)CC(=O)O1. The third-order valence-corrected chi connectivity index (χ3v) is 21.0. The molecule has 1 aromatic carbocycles. The highest BCUT2D eigenvalue weighted by Gasteiger charge is 2.47. The minimum atomic E-state index is -2.11. The molecule has 1 fully saturated rings. The number of carbonyl (C=O) groups is 2. The van der Waals surface area contributed by atoms with Gasteiger partial charge >= 0.3 is 11.9 Å². The van der Waals surface area contributed by atoms with Gasteiger partial charge in [0.05, 0.1) is 23.7 Å². The fourth-order valence-electron chi connectivity index (χ4n) is 6.71. The molecule has 0 aromatic heterocycles. The Morgan fingerprint density at radius 3 is 2.24 bits per heavy atom. The molecule has 10 heteroatoms. The fraction of sp³-hybridized carbons (Fsp3) is 0.692. The van der Waals surface area contributed by atoms with E-state index in [1.165, 1.54) is 0 Å². The molecule has 0 amide bonds. The van der Waals surface area contributed by atoms with Crippen molar-refractivity contribution in [1.82, 2.24) is 0 Å². The summed E-state index contributed by atoms with van der Waals surface area (Å²) < 4.78 is 31.9. The summed E-state index contributed by atoms with van der Waals surface area (Å²) in [5, 5.41) is 0.542. The van der Waals surface area contributed by atoms with Gasteiger partial charge in [0.2, 0.25) is 0 Å². The van der Waals surface area contributed by atoms with Crippen molar-refractivity contribution in [3.05, 3.63) is 53.1 Å². The molecule has 0 radical (unpaired) electrons. The molecule has 4 rings (SSSR count). The summed E-state index contributed by atoms with van der Waals surface area (Å²) in [6.45, 7) is 26.3. The van der Waals surface area contributed by atoms with Gasteiger partial charge in [0.15, 0.2) is 22.7 Å². The molecular formula is C39H61ClO7Si2. The maximum Gasteiger partial charge on any atom is 0.347 e. The van der Waals surface area contributed by atoms with Crippen LogP contribution in [0.2, 0.25) is 41.3 Å². The Balaban J connectivity index is 1.55. The first-order valence-corrected chi connectivity index (χ1v) is 24.3. The van der Waals surface area contributed by atoms with E-state index in [0.29, 0.717) is 30.0 Å². The van der Waals surface area contributed by atoms with Gasteiger partial charge in [-0.25, -0.2) is 4.79 Å². The van der Waals surface area contributed by atoms with E-state index in [1.54, 1.807) is 19.1 Å². The van der Waals surface area contributed by atoms with Crippen LogP contribution in [0.15, 0.2) is 48.1 Å². The highest BCUT2D eigenvalue weighted by Crippen LogP contribution is 2.47. The summed E-state index contributed by atoms with van der Waals surface area (Å²) in [7, 11) is -4.15. The van der Waals surface area contributed by atoms with Crippen LogP contribution in [0.25, 0.3) is 0 Å². The summed E-state index contributed by atoms with van der Waals surface area (Å²) in [4.78, 5) is 26.5. The van der Waals surface area contributed by atoms with Crippen molar-refractivity contribution in [1.29, 1.82) is 0 Å². The van der Waals surface area contributed by atoms with Gasteiger partial charge in [-0.05, 0) is 85.6 Å². The summed E-state index contributed by atoms with van der Waals surface area (Å²) in [5.41, 5.74) is 1.15. The van der Waals surface area contributed by atoms with Gasteiger partial charge in [0.25, 0.3) is 0 Å². The quantitative estimate of drug-likeness (QED) is 0.166. The van der Waals surface area contributed by atoms with Crippen molar-refractivity contribution >= 4 is 40.2 Å². The number of cyclic esters (lactones) is 1. The first-order valence-electron chi connectivity index (χ1n) is 18.1. The normalized spacial score (nSPS) is 28.6. The average Bonchev–Trinajstić information content (AvgIpc) is 2.96. The van der Waals surface area contributed by atoms with Crippen LogP contribution in [0.3, 0.4) is 0 Å². The van der Waals surface area contributed by atoms with Gasteiger partial charge in [-0.3, -0.25) is 4.79 Å². The van der Waals surface area contributed by atoms with Crippen molar-refractivity contribution in [3.63, 3.8) is 0 Å². The van der Waals surface area contributed by atoms with Crippen LogP contribution in [0, 0.1) is 17.8 Å². The molecule has 7 nitrogen and oxygen atoms in total. The third kappa shape index (κ3) is 9.91. The van der Waals surface area contributed by atoms with Crippen molar-refractivity contribution in [2.75, 3.05) is 0 Å². The lowest BCUT2D eigenvalue weighted by atomic mass is 9.66. The highest BCUT2D eigenvalue weighted by atomic mass is 35.5. The highest BCUT2D eigenvalue weighted by molar-refractivity contribution is 6.74. The molecule has 49 heavy (non-hydrogen) atoms. The molecule has 3 aliphatic rings. The van der Waals surface area contributed by atoms with Crippen molar-refractivity contribution in [2.24, 2.45) is 17.8 Å². The Labute approximate surface area is 302 Å². The van der Waals surface area contributed by atoms with Gasteiger partial charge in [-0.1, -0.05) is 90.4 Å². The Morgan fingerprint density at radius 2 is 1.61 bits per heavy atom. The number of allylic oxidation sites excluding steroid dienone is 2. The lowest BCUT2D eigenvalue weighted by Crippen LogP contribution is -2.49. The Morgan fingerprint density at radius 1 is 0.980 bits per heavy atom. The van der Waals surface area contributed by atoms with Crippen molar-refractivity contribution in [2.45, 2.75) is 154 Å². The van der Waals surface area contributed by atoms with Gasteiger partial charge in [0.1, 0.15) is 18.0 Å². The zero-order chi connectivity index (χ0) is 36.5. The van der Waals surface area contributed by atoms with E-state index < -0.39 is 34.8 Å². The van der Waals surface area contributed by atoms with Crippen molar-refractivity contribution < 1.29 is 32.7 Å². The van der Waals surface area contributed by atoms with E-state index in [4.69, 9.17) is 34.7 Å². The zero-order valence-electron chi connectivity index (χ0n) is 31.9. The molecule has 1 aliphatic heterocycles. The minimum absolute atomic E-state index is 0.0192. The van der Waals surface area contributed by atoms with E-state index >= 15 is 0 Å². The van der Waals surface area contributed by atoms with Crippen LogP contribution in [0.5, 0.6) is 5.75 Å². The zero-order valence-corrected chi connectivity index (χ0v) is 34.7. The first kappa shape index (κ1) is 39.9. The molecule has 274 valence electrons. The van der Waals surface area contributed by atoms with Crippen LogP contribution in [0.4, 0.5) is 0 Å². The van der Waals surface area contributed by atoms with Crippen LogP contribution in [-0.4, -0.2) is 59.1 Å². The number of halogens is 1. The number of ether oxygens (including phenoxy) is 3. The lowest BCUT2D eigenvalue weighted by Gasteiger charge is -2.46. The standard InChI is InChI=1S/C39H61ClO7Si2/c1-25-17-18-27-21-29(46-48(9,10)38(3,4)5)23-34(45-37(42)26(2)43-33-16-14-13-15-32(33)40)36(27)31(25)20-19-28-22-30(24-35(41)44-28)47-49(11,12)39(6,7)8/h13-18,21,25-26,28-31,34,36H,19-20,22-24H2,1-12H3/t25?,26-,28+,29?,30+,31?,34?,36?/m0/s1. The smallest absolute Gasteiger partial charge is 0.347 e. The number of para-hydroxylation sites is 1. The number of esters is 2. The fourth-order valence-corrected chi connectivity index (χ4v) is 9.54. The Hall–Kier alpha value is -1.92. The number of hydrogen-bond acceptors (Lipinski definition) is 7. The minimum Gasteiger partial charge on any atom is -0.477 e. The van der Waals surface area contributed by atoms with Crippen LogP contribution < -0.4 is 4.74 Å². The molecule has 0 saturated carbocycles. The Kier molecular flexibility index (Phi) is 12.5. The van der Waals surface area contributed by atoms with Crippen LogP contribution in [0.1, 0.15) is 87.5 Å².